The molecule has 0 spiro atoms. The van der Waals surface area contributed by atoms with Crippen LogP contribution >= 0.6 is 0 Å². The zero-order valence-electron chi connectivity index (χ0n) is 9.08. The van der Waals surface area contributed by atoms with Gasteiger partial charge < -0.3 is 5.73 Å². The molecular weight excluding hydrogens is 233 g/mol. The summed E-state index contributed by atoms with van der Waals surface area (Å²) < 4.78 is 35.9. The quantitative estimate of drug-likeness (QED) is 0.655. The number of alkyl halides is 3. The summed E-state index contributed by atoms with van der Waals surface area (Å²) in [6.07, 6.45) is -4.65. The van der Waals surface area contributed by atoms with Crippen molar-refractivity contribution in [3.8, 4) is 0 Å². The van der Waals surface area contributed by atoms with Crippen LogP contribution < -0.4 is 5.73 Å². The lowest BCUT2D eigenvalue weighted by Gasteiger charge is -2.05. The maximum Gasteiger partial charge on any atom is 0.426 e. The average Bonchev–Trinajstić information content (AvgIpc) is 2.25. The van der Waals surface area contributed by atoms with Crippen molar-refractivity contribution in [1.82, 2.24) is 0 Å². The molecule has 1 rings (SSSR count). The van der Waals surface area contributed by atoms with Crippen molar-refractivity contribution in [2.75, 3.05) is 6.54 Å². The van der Waals surface area contributed by atoms with Crippen LogP contribution in [0, 0.1) is 6.92 Å². The molecule has 6 heteroatoms. The van der Waals surface area contributed by atoms with Gasteiger partial charge in [0, 0.05) is 5.56 Å². The number of carbonyl (C=O) groups excluding carboxylic acids is 1. The van der Waals surface area contributed by atoms with Crippen LogP contribution in [0.25, 0.3) is 0 Å². The molecule has 0 aromatic heterocycles. The van der Waals surface area contributed by atoms with E-state index in [0.717, 1.165) is 5.56 Å². The first-order valence-corrected chi connectivity index (χ1v) is 4.79. The standard InChI is InChI=1S/C11H11F3N2O/c1-7-2-3-9(16-6-11(12,13)14)8(4-7)10(17)5-15/h2-4,6H,5,15H2,1H3. The Morgan fingerprint density at radius 2 is 2.12 bits per heavy atom. The van der Waals surface area contributed by atoms with Gasteiger partial charge in [-0.25, -0.2) is 0 Å². The SMILES string of the molecule is Cc1ccc(N=CC(F)(F)F)c(C(=O)CN)c1. The predicted molar refractivity (Wildman–Crippen MR) is 58.8 cm³/mol. The van der Waals surface area contributed by atoms with E-state index in [-0.39, 0.29) is 24.0 Å². The summed E-state index contributed by atoms with van der Waals surface area (Å²) in [5.41, 5.74) is 6.02. The molecule has 0 saturated carbocycles. The third-order valence-electron chi connectivity index (χ3n) is 1.99. The Morgan fingerprint density at radius 1 is 1.47 bits per heavy atom. The second kappa shape index (κ2) is 5.09. The summed E-state index contributed by atoms with van der Waals surface area (Å²) in [5, 5.41) is 0. The molecule has 0 unspecified atom stereocenters. The number of hydrogen-bond acceptors (Lipinski definition) is 3. The summed E-state index contributed by atoms with van der Waals surface area (Å²) in [4.78, 5) is 14.7. The summed E-state index contributed by atoms with van der Waals surface area (Å²) in [5.74, 6) is -0.442. The Kier molecular flexibility index (Phi) is 4.01. The zero-order chi connectivity index (χ0) is 13.1. The number of aryl methyl sites for hydroxylation is 1. The van der Waals surface area contributed by atoms with E-state index in [4.69, 9.17) is 5.73 Å². The van der Waals surface area contributed by atoms with E-state index in [1.165, 1.54) is 12.1 Å². The zero-order valence-corrected chi connectivity index (χ0v) is 9.08. The van der Waals surface area contributed by atoms with Gasteiger partial charge in [0.2, 0.25) is 0 Å². The maximum atomic E-state index is 12.0. The smallest absolute Gasteiger partial charge is 0.324 e. The molecule has 92 valence electrons. The maximum absolute atomic E-state index is 12.0. The number of nitrogens with zero attached hydrogens (tertiary/aromatic N) is 1. The third-order valence-corrected chi connectivity index (χ3v) is 1.99. The fourth-order valence-corrected chi connectivity index (χ4v) is 1.24. The van der Waals surface area contributed by atoms with Gasteiger partial charge in [-0.2, -0.15) is 13.2 Å². The number of aliphatic imine (C=N–C) groups is 1. The highest BCUT2D eigenvalue weighted by Crippen LogP contribution is 2.22. The number of Topliss-reactive ketones (excluding diaryl/α,β-unsaturated/α-hetero) is 1. The first-order chi connectivity index (χ1) is 7.83. The van der Waals surface area contributed by atoms with E-state index in [2.05, 4.69) is 4.99 Å². The van der Waals surface area contributed by atoms with E-state index in [1.54, 1.807) is 13.0 Å². The summed E-state index contributed by atoms with van der Waals surface area (Å²) in [7, 11) is 0. The highest BCUT2D eigenvalue weighted by molar-refractivity contribution is 6.02. The Bertz CT molecular complexity index is 453. The fourth-order valence-electron chi connectivity index (χ4n) is 1.24. The lowest BCUT2D eigenvalue weighted by atomic mass is 10.1. The molecule has 2 N–H and O–H groups in total. The Balaban J connectivity index is 3.15. The van der Waals surface area contributed by atoms with Crippen LogP contribution in [0.2, 0.25) is 0 Å². The van der Waals surface area contributed by atoms with Gasteiger partial charge in [0.15, 0.2) is 5.78 Å². The summed E-state index contributed by atoms with van der Waals surface area (Å²) >= 11 is 0. The van der Waals surface area contributed by atoms with Gasteiger partial charge in [0.25, 0.3) is 0 Å². The minimum absolute atomic E-state index is 0.0247. The molecule has 0 heterocycles. The predicted octanol–water partition coefficient (Wildman–Crippen LogP) is 2.40. The molecule has 0 amide bonds. The monoisotopic (exact) mass is 244 g/mol. The first-order valence-electron chi connectivity index (χ1n) is 4.79. The lowest BCUT2D eigenvalue weighted by molar-refractivity contribution is -0.0535. The molecular formula is C11H11F3N2O. The van der Waals surface area contributed by atoms with Gasteiger partial charge in [0.1, 0.15) is 6.21 Å². The Morgan fingerprint density at radius 3 is 2.65 bits per heavy atom. The first kappa shape index (κ1) is 13.4. The van der Waals surface area contributed by atoms with Gasteiger partial charge in [-0.15, -0.1) is 0 Å². The topological polar surface area (TPSA) is 55.5 Å². The van der Waals surface area contributed by atoms with Crippen molar-refractivity contribution < 1.29 is 18.0 Å². The van der Waals surface area contributed by atoms with Crippen molar-refractivity contribution in [3.05, 3.63) is 29.3 Å². The van der Waals surface area contributed by atoms with E-state index in [1.807, 2.05) is 0 Å². The lowest BCUT2D eigenvalue weighted by Crippen LogP contribution is -2.14. The normalized spacial score (nSPS) is 12.1. The van der Waals surface area contributed by atoms with Crippen molar-refractivity contribution >= 4 is 17.7 Å². The molecule has 0 radical (unpaired) electrons. The van der Waals surface area contributed by atoms with E-state index >= 15 is 0 Å². The van der Waals surface area contributed by atoms with Gasteiger partial charge >= 0.3 is 6.18 Å². The van der Waals surface area contributed by atoms with Crippen molar-refractivity contribution in [2.45, 2.75) is 13.1 Å². The largest absolute Gasteiger partial charge is 0.426 e. The molecule has 3 nitrogen and oxygen atoms in total. The molecule has 0 atom stereocenters. The van der Waals surface area contributed by atoms with Crippen molar-refractivity contribution in [2.24, 2.45) is 10.7 Å². The number of carbonyl (C=O) groups is 1. The molecule has 1 aromatic rings. The van der Waals surface area contributed by atoms with E-state index in [0.29, 0.717) is 0 Å². The van der Waals surface area contributed by atoms with Crippen molar-refractivity contribution in [3.63, 3.8) is 0 Å². The molecule has 0 aliphatic rings. The second-order valence-corrected chi connectivity index (χ2v) is 3.45. The van der Waals surface area contributed by atoms with Crippen LogP contribution in [0.3, 0.4) is 0 Å². The van der Waals surface area contributed by atoms with Gasteiger partial charge in [-0.1, -0.05) is 11.6 Å². The number of nitrogens with two attached hydrogens (primary N) is 1. The van der Waals surface area contributed by atoms with Crippen LogP contribution in [0.5, 0.6) is 0 Å². The van der Waals surface area contributed by atoms with E-state index < -0.39 is 12.0 Å². The fraction of sp³-hybridized carbons (Fsp3) is 0.273. The minimum atomic E-state index is -4.51. The van der Waals surface area contributed by atoms with Gasteiger partial charge in [0.05, 0.1) is 12.2 Å². The van der Waals surface area contributed by atoms with Crippen LogP contribution in [-0.2, 0) is 0 Å². The summed E-state index contributed by atoms with van der Waals surface area (Å²) in [6, 6.07) is 4.41. The Hall–Kier alpha value is -1.69. The number of halogens is 3. The van der Waals surface area contributed by atoms with Crippen molar-refractivity contribution in [1.29, 1.82) is 0 Å². The number of benzene rings is 1. The third kappa shape index (κ3) is 3.99. The number of hydrogen-bond donors (Lipinski definition) is 1. The van der Waals surface area contributed by atoms with Crippen LogP contribution in [0.1, 0.15) is 15.9 Å². The molecule has 0 aliphatic carbocycles. The molecule has 0 fully saturated rings. The van der Waals surface area contributed by atoms with Crippen LogP contribution in [0.4, 0.5) is 18.9 Å². The van der Waals surface area contributed by atoms with Crippen LogP contribution in [0.15, 0.2) is 23.2 Å². The molecule has 17 heavy (non-hydrogen) atoms. The summed E-state index contributed by atoms with van der Waals surface area (Å²) in [6.45, 7) is 1.46. The Labute approximate surface area is 96.1 Å². The highest BCUT2D eigenvalue weighted by atomic mass is 19.4. The number of rotatable bonds is 3. The minimum Gasteiger partial charge on any atom is -0.324 e. The van der Waals surface area contributed by atoms with Gasteiger partial charge in [-0.3, -0.25) is 9.79 Å². The molecule has 0 aliphatic heterocycles. The van der Waals surface area contributed by atoms with E-state index in [9.17, 15) is 18.0 Å². The van der Waals surface area contributed by atoms with Gasteiger partial charge in [-0.05, 0) is 19.1 Å². The average molecular weight is 244 g/mol. The number of ketones is 1. The van der Waals surface area contributed by atoms with Crippen LogP contribution in [-0.4, -0.2) is 24.7 Å². The molecule has 1 aromatic carbocycles. The highest BCUT2D eigenvalue weighted by Gasteiger charge is 2.24. The molecule has 0 bridgehead atoms. The molecule has 0 saturated heterocycles. The second-order valence-electron chi connectivity index (χ2n) is 3.45.